The Labute approximate surface area is 128 Å². The molecule has 3 N–H and O–H groups in total. The van der Waals surface area contributed by atoms with Crippen molar-refractivity contribution >= 4 is 0 Å². The quantitative estimate of drug-likeness (QED) is 0.681. The van der Waals surface area contributed by atoms with Gasteiger partial charge in [-0.2, -0.15) is 0 Å². The molecule has 2 atom stereocenters. The summed E-state index contributed by atoms with van der Waals surface area (Å²) in [4.78, 5) is 0. The summed E-state index contributed by atoms with van der Waals surface area (Å²) in [5, 5.41) is 26.9. The predicted molar refractivity (Wildman–Crippen MR) is 91.0 cm³/mol. The molecule has 0 saturated heterocycles. The highest BCUT2D eigenvalue weighted by molar-refractivity contribution is 4.83. The van der Waals surface area contributed by atoms with E-state index in [9.17, 15) is 0 Å². The fourth-order valence-corrected chi connectivity index (χ4v) is 1.85. The average Bonchev–Trinajstić information content (AvgIpc) is 2.33. The molecule has 0 aliphatic rings. The molecule has 3 nitrogen and oxygen atoms in total. The zero-order valence-electron chi connectivity index (χ0n) is 13.3. The summed E-state index contributed by atoms with van der Waals surface area (Å²) < 4.78 is 0. The Kier molecular flexibility index (Phi) is 17.7. The molecular weight excluding hydrogens is 252 g/mol. The van der Waals surface area contributed by atoms with Crippen LogP contribution in [-0.2, 0) is 0 Å². The molecule has 3 heteroatoms. The lowest BCUT2D eigenvalue weighted by molar-refractivity contribution is -0.121. The topological polar surface area (TPSA) is 60.7 Å². The zero-order chi connectivity index (χ0) is 15.0. The molecule has 0 aromatic carbocycles. The molecule has 0 heterocycles. The highest BCUT2D eigenvalue weighted by Crippen LogP contribution is 2.33. The van der Waals surface area contributed by atoms with Gasteiger partial charge >= 0.3 is 0 Å². The lowest BCUT2D eigenvalue weighted by Gasteiger charge is -2.29. The molecule has 20 heavy (non-hydrogen) atoms. The normalized spacial score (nSPS) is 16.5. The minimum atomic E-state index is -1.39. The Balaban J connectivity index is -0.000000116. The van der Waals surface area contributed by atoms with Crippen LogP contribution in [0.3, 0.4) is 0 Å². The van der Waals surface area contributed by atoms with E-state index >= 15 is 0 Å². The van der Waals surface area contributed by atoms with Crippen molar-refractivity contribution in [3.05, 3.63) is 0 Å². The third-order valence-corrected chi connectivity index (χ3v) is 4.69. The maximum Gasteiger partial charge on any atom is 0.113 e. The number of hydrogen-bond donors (Lipinski definition) is 3. The van der Waals surface area contributed by atoms with Crippen LogP contribution < -0.4 is 0 Å². The van der Waals surface area contributed by atoms with Crippen LogP contribution in [0.15, 0.2) is 0 Å². The van der Waals surface area contributed by atoms with Crippen molar-refractivity contribution < 1.29 is 15.3 Å². The van der Waals surface area contributed by atoms with E-state index in [2.05, 4.69) is 27.7 Å². The molecule has 0 radical (unpaired) electrons. The molecule has 0 aliphatic carbocycles. The van der Waals surface area contributed by atoms with E-state index < -0.39 is 17.8 Å². The Hall–Kier alpha value is -0.120. The van der Waals surface area contributed by atoms with Crippen LogP contribution in [0.1, 0.15) is 89.0 Å². The second-order valence-corrected chi connectivity index (χ2v) is 5.49. The fourth-order valence-electron chi connectivity index (χ4n) is 1.85. The van der Waals surface area contributed by atoms with E-state index in [4.69, 9.17) is 15.3 Å². The molecule has 0 spiro atoms. The second-order valence-electron chi connectivity index (χ2n) is 5.49. The first kappa shape index (κ1) is 28.1. The van der Waals surface area contributed by atoms with Crippen LogP contribution in [0.4, 0.5) is 0 Å². The van der Waals surface area contributed by atoms with Crippen molar-refractivity contribution in [2.75, 3.05) is 0 Å². The van der Waals surface area contributed by atoms with Crippen LogP contribution in [0.5, 0.6) is 0 Å². The van der Waals surface area contributed by atoms with Gasteiger partial charge in [0.05, 0.1) is 12.2 Å². The van der Waals surface area contributed by atoms with Gasteiger partial charge in [0, 0.05) is 0 Å². The van der Waals surface area contributed by atoms with E-state index in [1.807, 2.05) is 0 Å². The number of rotatable bonds is 6. The zero-order valence-corrected chi connectivity index (χ0v) is 13.3. The summed E-state index contributed by atoms with van der Waals surface area (Å²) in [6.45, 7) is 13.5. The third kappa shape index (κ3) is 8.93. The molecule has 0 aromatic rings. The lowest BCUT2D eigenvalue weighted by atomic mass is 9.78. The molecule has 2 unspecified atom stereocenters. The monoisotopic (exact) mass is 294 g/mol. The van der Waals surface area contributed by atoms with E-state index in [0.29, 0.717) is 5.41 Å². The van der Waals surface area contributed by atoms with Crippen LogP contribution in [0, 0.1) is 5.41 Å². The SMILES string of the molecule is C.C.CC(O)C(C)(O)C(C)O.CCC(CC)(CC)CC. The molecule has 128 valence electrons. The molecular formula is C17H42O3. The Bertz CT molecular complexity index is 167. The number of hydrogen-bond acceptors (Lipinski definition) is 3. The van der Waals surface area contributed by atoms with Gasteiger partial charge in [-0.25, -0.2) is 0 Å². The summed E-state index contributed by atoms with van der Waals surface area (Å²) in [5.74, 6) is 0. The van der Waals surface area contributed by atoms with Crippen LogP contribution in [0.25, 0.3) is 0 Å². The maximum atomic E-state index is 9.17. The van der Waals surface area contributed by atoms with Crippen molar-refractivity contribution in [2.45, 2.75) is 107 Å². The standard InChI is InChI=1S/C9H20.C6H14O3.2CH4/c1-5-9(6-2,7-3)8-4;1-4(7)6(3,9)5(2)8;;/h5-8H2,1-4H3;4-5,7-9H,1-3H3;2*1H4. The predicted octanol–water partition coefficient (Wildman–Crippen LogP) is 4.38. The first-order chi connectivity index (χ1) is 8.13. The van der Waals surface area contributed by atoms with Gasteiger partial charge in [0.1, 0.15) is 5.60 Å². The van der Waals surface area contributed by atoms with Gasteiger partial charge in [-0.05, 0) is 26.2 Å². The van der Waals surface area contributed by atoms with Crippen molar-refractivity contribution in [3.63, 3.8) is 0 Å². The number of aliphatic hydroxyl groups excluding tert-OH is 2. The van der Waals surface area contributed by atoms with Crippen LogP contribution in [-0.4, -0.2) is 33.1 Å². The van der Waals surface area contributed by atoms with Crippen LogP contribution in [0.2, 0.25) is 0 Å². The Morgan fingerprint density at radius 2 is 0.950 bits per heavy atom. The van der Waals surface area contributed by atoms with E-state index in [1.165, 1.54) is 46.5 Å². The average molecular weight is 295 g/mol. The van der Waals surface area contributed by atoms with Gasteiger partial charge in [-0.3, -0.25) is 0 Å². The molecule has 0 aromatic heterocycles. The molecule has 0 fully saturated rings. The van der Waals surface area contributed by atoms with E-state index in [-0.39, 0.29) is 14.9 Å². The fraction of sp³-hybridized carbons (Fsp3) is 1.00. The van der Waals surface area contributed by atoms with Crippen molar-refractivity contribution in [1.29, 1.82) is 0 Å². The van der Waals surface area contributed by atoms with Crippen molar-refractivity contribution in [3.8, 4) is 0 Å². The summed E-state index contributed by atoms with van der Waals surface area (Å²) >= 11 is 0. The smallest absolute Gasteiger partial charge is 0.113 e. The molecule has 0 saturated carbocycles. The van der Waals surface area contributed by atoms with Crippen molar-refractivity contribution in [1.82, 2.24) is 0 Å². The van der Waals surface area contributed by atoms with Crippen LogP contribution >= 0.6 is 0 Å². The first-order valence-electron chi connectivity index (χ1n) is 7.21. The Morgan fingerprint density at radius 3 is 0.950 bits per heavy atom. The number of aliphatic hydroxyl groups is 3. The van der Waals surface area contributed by atoms with E-state index in [0.717, 1.165) is 0 Å². The molecule has 0 bridgehead atoms. The Morgan fingerprint density at radius 1 is 0.750 bits per heavy atom. The highest BCUT2D eigenvalue weighted by Gasteiger charge is 2.31. The van der Waals surface area contributed by atoms with Gasteiger partial charge < -0.3 is 15.3 Å². The minimum absolute atomic E-state index is 0. The summed E-state index contributed by atoms with van der Waals surface area (Å²) in [7, 11) is 0. The van der Waals surface area contributed by atoms with Gasteiger partial charge in [0.15, 0.2) is 0 Å². The van der Waals surface area contributed by atoms with Gasteiger partial charge in [0.2, 0.25) is 0 Å². The summed E-state index contributed by atoms with van der Waals surface area (Å²) in [6.07, 6.45) is 3.56. The van der Waals surface area contributed by atoms with Gasteiger partial charge in [-0.15, -0.1) is 0 Å². The minimum Gasteiger partial charge on any atom is -0.390 e. The maximum absolute atomic E-state index is 9.17. The largest absolute Gasteiger partial charge is 0.390 e. The molecule has 0 aliphatic heterocycles. The summed E-state index contributed by atoms with van der Waals surface area (Å²) in [5.41, 5.74) is -0.722. The third-order valence-electron chi connectivity index (χ3n) is 4.69. The van der Waals surface area contributed by atoms with Gasteiger partial charge in [0.25, 0.3) is 0 Å². The van der Waals surface area contributed by atoms with Gasteiger partial charge in [-0.1, -0.05) is 68.2 Å². The molecule has 0 rings (SSSR count). The highest BCUT2D eigenvalue weighted by atomic mass is 16.4. The molecule has 0 amide bonds. The second kappa shape index (κ2) is 12.6. The first-order valence-corrected chi connectivity index (χ1v) is 7.21. The van der Waals surface area contributed by atoms with E-state index in [1.54, 1.807) is 0 Å². The van der Waals surface area contributed by atoms with Crippen molar-refractivity contribution in [2.24, 2.45) is 5.41 Å². The lowest BCUT2D eigenvalue weighted by Crippen LogP contribution is -2.46. The summed E-state index contributed by atoms with van der Waals surface area (Å²) in [6, 6.07) is 0.